The van der Waals surface area contributed by atoms with Crippen LogP contribution in [-0.2, 0) is 76.3 Å². The van der Waals surface area contributed by atoms with Gasteiger partial charge in [0.25, 0.3) is 0 Å². The molecule has 0 N–H and O–H groups in total. The molecule has 0 fully saturated rings. The highest BCUT2D eigenvalue weighted by molar-refractivity contribution is 5.72. The molecule has 0 aliphatic carbocycles. The van der Waals surface area contributed by atoms with Crippen LogP contribution >= 0.6 is 0 Å². The molecule has 70 heavy (non-hydrogen) atoms. The van der Waals surface area contributed by atoms with Crippen molar-refractivity contribution in [2.75, 3.05) is 175 Å². The number of methoxy groups -OCH3 is 8. The SMILES string of the molecule is COC(=O)CCN(CCCN(CCCCN(CCCN(CCC(=O)OC)CCC(=O)OC)CCCN(CCC(=O)OC)CCC(=O)OC)CCCN(CCC(=O)OC)CCC(=O)OC)CCC(=O)OC. The molecule has 0 atom stereocenters. The number of unbranched alkanes of at least 4 members (excludes halogenated alkanes) is 1. The van der Waals surface area contributed by atoms with Gasteiger partial charge >= 0.3 is 47.8 Å². The summed E-state index contributed by atoms with van der Waals surface area (Å²) in [7, 11) is 10.8. The molecule has 0 aliphatic rings. The molecule has 0 saturated heterocycles. The molecule has 0 rings (SSSR count). The fourth-order valence-corrected chi connectivity index (χ4v) is 7.57. The van der Waals surface area contributed by atoms with E-state index in [0.717, 1.165) is 77.8 Å². The number of esters is 8. The first-order valence-corrected chi connectivity index (χ1v) is 24.6. The van der Waals surface area contributed by atoms with Gasteiger partial charge in [-0.2, -0.15) is 0 Å². The van der Waals surface area contributed by atoms with Crippen LogP contribution in [0.3, 0.4) is 0 Å². The molecule has 0 spiro atoms. The Kier molecular flexibility index (Phi) is 40.5. The Morgan fingerprint density at radius 3 is 0.443 bits per heavy atom. The van der Waals surface area contributed by atoms with Gasteiger partial charge in [-0.25, -0.2) is 0 Å². The van der Waals surface area contributed by atoms with E-state index in [1.54, 1.807) is 0 Å². The maximum atomic E-state index is 12.0. The summed E-state index contributed by atoms with van der Waals surface area (Å²) in [6.07, 6.45) is 6.43. The number of hydrogen-bond donors (Lipinski definition) is 0. The maximum absolute atomic E-state index is 12.0. The lowest BCUT2D eigenvalue weighted by Gasteiger charge is -2.29. The predicted molar refractivity (Wildman–Crippen MR) is 259 cm³/mol. The van der Waals surface area contributed by atoms with Crippen molar-refractivity contribution >= 4 is 47.8 Å². The van der Waals surface area contributed by atoms with Crippen molar-refractivity contribution in [2.45, 2.75) is 89.9 Å². The molecule has 0 unspecified atom stereocenters. The molecule has 22 nitrogen and oxygen atoms in total. The summed E-state index contributed by atoms with van der Waals surface area (Å²) in [4.78, 5) is 109. The Morgan fingerprint density at radius 2 is 0.314 bits per heavy atom. The van der Waals surface area contributed by atoms with Crippen molar-refractivity contribution in [3.63, 3.8) is 0 Å². The van der Waals surface area contributed by atoms with Crippen molar-refractivity contribution in [1.29, 1.82) is 0 Å². The zero-order chi connectivity index (χ0) is 52.4. The normalized spacial score (nSPS) is 11.3. The number of rotatable bonds is 45. The zero-order valence-electron chi connectivity index (χ0n) is 43.8. The van der Waals surface area contributed by atoms with E-state index in [-0.39, 0.29) is 99.1 Å². The van der Waals surface area contributed by atoms with Crippen LogP contribution in [0.2, 0.25) is 0 Å². The number of carbonyl (C=O) groups excluding carboxylic acids is 8. The van der Waals surface area contributed by atoms with Crippen LogP contribution in [0, 0.1) is 0 Å². The van der Waals surface area contributed by atoms with Gasteiger partial charge in [-0.1, -0.05) is 0 Å². The Balaban J connectivity index is 6.18. The maximum Gasteiger partial charge on any atom is 0.306 e. The molecule has 0 aromatic heterocycles. The fraction of sp³-hybridized carbons (Fsp3) is 0.833. The first kappa shape index (κ1) is 65.5. The number of hydrogen-bond acceptors (Lipinski definition) is 22. The highest BCUT2D eigenvalue weighted by Crippen LogP contribution is 2.09. The van der Waals surface area contributed by atoms with Crippen LogP contribution in [-0.4, -0.2) is 252 Å². The minimum atomic E-state index is -0.327. The van der Waals surface area contributed by atoms with Crippen LogP contribution < -0.4 is 0 Å². The van der Waals surface area contributed by atoms with Gasteiger partial charge in [-0.05, 0) is 104 Å². The largest absolute Gasteiger partial charge is 0.469 e. The Labute approximate surface area is 417 Å². The molecule has 0 bridgehead atoms. The van der Waals surface area contributed by atoms with Gasteiger partial charge in [-0.3, -0.25) is 38.4 Å². The number of ether oxygens (including phenoxy) is 8. The first-order chi connectivity index (χ1) is 33.7. The molecule has 0 amide bonds. The molecule has 0 aromatic carbocycles. The van der Waals surface area contributed by atoms with Gasteiger partial charge < -0.3 is 67.3 Å². The van der Waals surface area contributed by atoms with Gasteiger partial charge in [0, 0.05) is 52.4 Å². The first-order valence-electron chi connectivity index (χ1n) is 24.6. The van der Waals surface area contributed by atoms with Crippen molar-refractivity contribution in [3.8, 4) is 0 Å². The molecule has 22 heteroatoms. The third-order valence-corrected chi connectivity index (χ3v) is 11.9. The minimum Gasteiger partial charge on any atom is -0.469 e. The van der Waals surface area contributed by atoms with Crippen molar-refractivity contribution in [1.82, 2.24) is 29.4 Å². The van der Waals surface area contributed by atoms with E-state index >= 15 is 0 Å². The monoisotopic (exact) mass is 1000 g/mol. The van der Waals surface area contributed by atoms with E-state index in [0.29, 0.717) is 78.5 Å². The summed E-state index contributed by atoms with van der Waals surface area (Å²) in [5, 5.41) is 0. The Bertz CT molecular complexity index is 1190. The topological polar surface area (TPSA) is 230 Å². The van der Waals surface area contributed by atoms with Gasteiger partial charge in [0.2, 0.25) is 0 Å². The van der Waals surface area contributed by atoms with E-state index in [4.69, 9.17) is 37.9 Å². The molecular formula is C48H88N6O16. The Hall–Kier alpha value is -4.48. The summed E-state index contributed by atoms with van der Waals surface area (Å²) in [6.45, 7) is 10.7. The summed E-state index contributed by atoms with van der Waals surface area (Å²) >= 11 is 0. The summed E-state index contributed by atoms with van der Waals surface area (Å²) in [6, 6.07) is 0. The minimum absolute atomic E-state index is 0.197. The summed E-state index contributed by atoms with van der Waals surface area (Å²) < 4.78 is 38.9. The van der Waals surface area contributed by atoms with Gasteiger partial charge in [0.05, 0.1) is 108 Å². The van der Waals surface area contributed by atoms with Crippen molar-refractivity contribution in [2.24, 2.45) is 0 Å². The zero-order valence-corrected chi connectivity index (χ0v) is 43.8. The van der Waals surface area contributed by atoms with Gasteiger partial charge in [0.1, 0.15) is 0 Å². The van der Waals surface area contributed by atoms with Crippen LogP contribution in [0.25, 0.3) is 0 Å². The van der Waals surface area contributed by atoms with Crippen LogP contribution in [0.15, 0.2) is 0 Å². The highest BCUT2D eigenvalue weighted by atomic mass is 16.5. The Morgan fingerprint density at radius 1 is 0.200 bits per heavy atom. The van der Waals surface area contributed by atoms with E-state index in [1.165, 1.54) is 56.9 Å². The van der Waals surface area contributed by atoms with E-state index in [9.17, 15) is 38.4 Å². The standard InChI is InChI=1S/C48H88N6O16/c1-63-41(55)15-33-51(34-16-42(56)64-2)29-11-25-49(26-12-30-52(35-17-43(57)65-3)36-18-44(58)66-4)23-9-10-24-50(27-13-31-53(37-19-45(59)67-5)38-20-46(60)68-6)28-14-32-54(39-21-47(61)69-7)40-22-48(62)70-8/h9-40H2,1-8H3. The summed E-state index contributed by atoms with van der Waals surface area (Å²) in [5.41, 5.74) is 0. The molecule has 0 aliphatic heterocycles. The second-order valence-corrected chi connectivity index (χ2v) is 16.8. The van der Waals surface area contributed by atoms with Crippen molar-refractivity contribution < 1.29 is 76.3 Å². The lowest BCUT2D eigenvalue weighted by Crippen LogP contribution is -2.37. The van der Waals surface area contributed by atoms with Gasteiger partial charge in [-0.15, -0.1) is 0 Å². The third-order valence-electron chi connectivity index (χ3n) is 11.9. The third kappa shape index (κ3) is 36.5. The average molecular weight is 1010 g/mol. The number of carbonyl (C=O) groups is 8. The highest BCUT2D eigenvalue weighted by Gasteiger charge is 2.18. The van der Waals surface area contributed by atoms with Crippen LogP contribution in [0.4, 0.5) is 0 Å². The van der Waals surface area contributed by atoms with Crippen molar-refractivity contribution in [3.05, 3.63) is 0 Å². The van der Waals surface area contributed by atoms with E-state index in [2.05, 4.69) is 29.4 Å². The van der Waals surface area contributed by atoms with Crippen LogP contribution in [0.1, 0.15) is 89.9 Å². The predicted octanol–water partition coefficient (Wildman–Crippen LogP) is 1.64. The molecular weight excluding hydrogens is 917 g/mol. The quantitative estimate of drug-likeness (QED) is 0.0480. The van der Waals surface area contributed by atoms with E-state index in [1.807, 2.05) is 0 Å². The fourth-order valence-electron chi connectivity index (χ4n) is 7.57. The molecule has 0 saturated carbocycles. The molecule has 0 radical (unpaired) electrons. The molecule has 406 valence electrons. The van der Waals surface area contributed by atoms with E-state index < -0.39 is 0 Å². The second kappa shape index (κ2) is 43.3. The molecule has 0 aromatic rings. The number of nitrogens with zero attached hydrogens (tertiary/aromatic N) is 6. The smallest absolute Gasteiger partial charge is 0.306 e. The second-order valence-electron chi connectivity index (χ2n) is 16.8. The van der Waals surface area contributed by atoms with Crippen LogP contribution in [0.5, 0.6) is 0 Å². The lowest BCUT2D eigenvalue weighted by atomic mass is 10.2. The average Bonchev–Trinajstić information content (AvgIpc) is 3.37. The van der Waals surface area contributed by atoms with Gasteiger partial charge in [0.15, 0.2) is 0 Å². The lowest BCUT2D eigenvalue weighted by molar-refractivity contribution is -0.142. The molecule has 0 heterocycles. The summed E-state index contributed by atoms with van der Waals surface area (Å²) in [5.74, 6) is -2.62.